The van der Waals surface area contributed by atoms with Crippen LogP contribution >= 0.6 is 0 Å². The number of aromatic nitrogens is 2. The van der Waals surface area contributed by atoms with Gasteiger partial charge in [0, 0.05) is 18.1 Å². The minimum Gasteiger partial charge on any atom is -0.491 e. The maximum atomic E-state index is 9.53. The van der Waals surface area contributed by atoms with E-state index in [-0.39, 0.29) is 6.47 Å². The summed E-state index contributed by atoms with van der Waals surface area (Å²) in [5.41, 5.74) is 8.98. The summed E-state index contributed by atoms with van der Waals surface area (Å²) in [6, 6.07) is 10.6. The molecule has 3 aromatic rings. The van der Waals surface area contributed by atoms with E-state index in [1.54, 1.807) is 25.3 Å². The van der Waals surface area contributed by atoms with Gasteiger partial charge in [-0.3, -0.25) is 4.79 Å². The summed E-state index contributed by atoms with van der Waals surface area (Å²) in [5.74, 6) is 0.593. The van der Waals surface area contributed by atoms with Crippen molar-refractivity contribution in [1.29, 1.82) is 0 Å². The molecule has 0 spiro atoms. The number of carbonyl (C=O) groups is 1. The molecule has 0 amide bonds. The molecule has 0 aliphatic heterocycles. The second kappa shape index (κ2) is 12.5. The van der Waals surface area contributed by atoms with Crippen LogP contribution in [-0.2, 0) is 14.3 Å². The van der Waals surface area contributed by atoms with Gasteiger partial charge in [-0.2, -0.15) is 10.2 Å². The third-order valence-electron chi connectivity index (χ3n) is 4.20. The normalized spacial score (nSPS) is 10.3. The van der Waals surface area contributed by atoms with Crippen molar-refractivity contribution >= 4 is 35.6 Å². The van der Waals surface area contributed by atoms with Crippen molar-refractivity contribution in [1.82, 2.24) is 10.2 Å². The van der Waals surface area contributed by atoms with E-state index in [0.717, 1.165) is 10.9 Å². The molecule has 0 saturated carbocycles. The molecule has 0 radical (unpaired) electrons. The molecule has 1 heterocycles. The van der Waals surface area contributed by atoms with Crippen molar-refractivity contribution in [2.45, 2.75) is 0 Å². The molecular weight excluding hydrogens is 405 g/mol. The molecule has 2 aromatic carbocycles. The Morgan fingerprint density at radius 2 is 1.84 bits per heavy atom. The lowest BCUT2D eigenvalue weighted by Gasteiger charge is -2.14. The van der Waals surface area contributed by atoms with Gasteiger partial charge in [-0.15, -0.1) is 0 Å². The fourth-order valence-electron chi connectivity index (χ4n) is 2.76. The number of nitrogens with two attached hydrogens (primary N) is 1. The number of nitrogens with zero attached hydrogens (tertiary/aromatic N) is 2. The average molecular weight is 429 g/mol. The minimum absolute atomic E-state index is 0.250. The molecular formula is C20H24BN3O7. The molecule has 5 N–H and O–H groups in total. The molecule has 31 heavy (non-hydrogen) atoms. The van der Waals surface area contributed by atoms with E-state index in [4.69, 9.17) is 29.8 Å². The Kier molecular flexibility index (Phi) is 9.65. The van der Waals surface area contributed by atoms with E-state index in [0.29, 0.717) is 54.4 Å². The highest BCUT2D eigenvalue weighted by atomic mass is 16.5. The van der Waals surface area contributed by atoms with Crippen LogP contribution in [0.4, 0.5) is 5.69 Å². The Balaban J connectivity index is 0.00000107. The Bertz CT molecular complexity index is 988. The van der Waals surface area contributed by atoms with Gasteiger partial charge in [-0.1, -0.05) is 18.2 Å². The lowest BCUT2D eigenvalue weighted by atomic mass is 9.79. The van der Waals surface area contributed by atoms with Gasteiger partial charge in [-0.05, 0) is 29.2 Å². The number of nitrogen functional groups attached to an aromatic ring is 1. The van der Waals surface area contributed by atoms with Gasteiger partial charge in [0.1, 0.15) is 12.4 Å². The molecule has 1 aromatic heterocycles. The van der Waals surface area contributed by atoms with Crippen LogP contribution in [0.2, 0.25) is 0 Å². The molecule has 164 valence electrons. The van der Waals surface area contributed by atoms with Gasteiger partial charge in [-0.25, -0.2) is 0 Å². The second-order valence-electron chi connectivity index (χ2n) is 6.22. The van der Waals surface area contributed by atoms with E-state index in [1.807, 2.05) is 18.2 Å². The van der Waals surface area contributed by atoms with E-state index >= 15 is 0 Å². The Labute approximate surface area is 179 Å². The molecule has 0 fully saturated rings. The quantitative estimate of drug-likeness (QED) is 0.212. The van der Waals surface area contributed by atoms with E-state index < -0.39 is 7.12 Å². The van der Waals surface area contributed by atoms with Crippen LogP contribution in [-0.4, -0.2) is 72.5 Å². The lowest BCUT2D eigenvalue weighted by molar-refractivity contribution is -0.122. The molecule has 0 atom stereocenters. The number of fused-ring (bicyclic) bond motifs is 1. The van der Waals surface area contributed by atoms with Crippen molar-refractivity contribution < 1.29 is 34.2 Å². The standard InChI is InChI=1S/C19H22BN3O5.CH2O2/c1-26-6-7-27-8-9-28-19-5-3-14(20(24)25)11-16(19)13-2-4-15-17(21)12-22-23-18(15)10-13;2-1-3/h2-5,10-12,24-25H,6-9H2,1H3,(H2,21,23);1H,(H,2,3). The zero-order chi connectivity index (χ0) is 22.6. The number of rotatable bonds is 9. The largest absolute Gasteiger partial charge is 0.491 e. The Morgan fingerprint density at radius 1 is 1.10 bits per heavy atom. The molecule has 0 bridgehead atoms. The monoisotopic (exact) mass is 429 g/mol. The van der Waals surface area contributed by atoms with E-state index in [2.05, 4.69) is 10.2 Å². The molecule has 0 aliphatic rings. The van der Waals surface area contributed by atoms with Gasteiger partial charge >= 0.3 is 7.12 Å². The van der Waals surface area contributed by atoms with Crippen molar-refractivity contribution in [3.63, 3.8) is 0 Å². The fourth-order valence-corrected chi connectivity index (χ4v) is 2.76. The first-order valence-corrected chi connectivity index (χ1v) is 9.30. The number of carboxylic acid groups (broad SMARTS) is 1. The predicted octanol–water partition coefficient (Wildman–Crippen LogP) is 0.301. The number of anilines is 1. The molecule has 0 aliphatic carbocycles. The zero-order valence-corrected chi connectivity index (χ0v) is 17.0. The molecule has 3 rings (SSSR count). The summed E-state index contributed by atoms with van der Waals surface area (Å²) in [7, 11) is 0.0336. The third kappa shape index (κ3) is 6.90. The summed E-state index contributed by atoms with van der Waals surface area (Å²) in [6.07, 6.45) is 1.50. The van der Waals surface area contributed by atoms with Crippen LogP contribution in [0, 0.1) is 0 Å². The summed E-state index contributed by atoms with van der Waals surface area (Å²) < 4.78 is 16.2. The van der Waals surface area contributed by atoms with E-state index in [1.165, 1.54) is 6.20 Å². The summed E-state index contributed by atoms with van der Waals surface area (Å²) >= 11 is 0. The first kappa shape index (κ1) is 24.0. The smallest absolute Gasteiger partial charge is 0.488 e. The summed E-state index contributed by atoms with van der Waals surface area (Å²) in [6.45, 7) is 1.52. The molecule has 0 saturated heterocycles. The first-order valence-electron chi connectivity index (χ1n) is 9.30. The van der Waals surface area contributed by atoms with Gasteiger partial charge < -0.3 is 35.1 Å². The van der Waals surface area contributed by atoms with Gasteiger partial charge in [0.05, 0.1) is 37.2 Å². The number of ether oxygens (including phenoxy) is 3. The highest BCUT2D eigenvalue weighted by molar-refractivity contribution is 6.58. The summed E-state index contributed by atoms with van der Waals surface area (Å²) in [4.78, 5) is 8.36. The number of hydrogen-bond donors (Lipinski definition) is 4. The van der Waals surface area contributed by atoms with Crippen molar-refractivity contribution in [2.75, 3.05) is 39.3 Å². The Hall–Kier alpha value is -3.25. The van der Waals surface area contributed by atoms with Crippen LogP contribution < -0.4 is 15.9 Å². The van der Waals surface area contributed by atoms with Crippen molar-refractivity contribution in [3.05, 3.63) is 42.6 Å². The number of benzene rings is 2. The van der Waals surface area contributed by atoms with Crippen molar-refractivity contribution in [2.24, 2.45) is 0 Å². The number of hydrogen-bond acceptors (Lipinski definition) is 9. The third-order valence-corrected chi connectivity index (χ3v) is 4.20. The Morgan fingerprint density at radius 3 is 2.55 bits per heavy atom. The highest BCUT2D eigenvalue weighted by Crippen LogP contribution is 2.32. The van der Waals surface area contributed by atoms with Crippen LogP contribution in [0.3, 0.4) is 0 Å². The summed E-state index contributed by atoms with van der Waals surface area (Å²) in [5, 5.41) is 34.8. The van der Waals surface area contributed by atoms with Crippen LogP contribution in [0.25, 0.3) is 22.0 Å². The minimum atomic E-state index is -1.58. The highest BCUT2D eigenvalue weighted by Gasteiger charge is 2.16. The van der Waals surface area contributed by atoms with Crippen LogP contribution in [0.1, 0.15) is 0 Å². The van der Waals surface area contributed by atoms with Gasteiger partial charge in [0.15, 0.2) is 0 Å². The van der Waals surface area contributed by atoms with Crippen molar-refractivity contribution in [3.8, 4) is 16.9 Å². The average Bonchev–Trinajstić information content (AvgIpc) is 2.76. The van der Waals surface area contributed by atoms with Crippen LogP contribution in [0.15, 0.2) is 42.6 Å². The maximum Gasteiger partial charge on any atom is 0.488 e. The van der Waals surface area contributed by atoms with Crippen LogP contribution in [0.5, 0.6) is 5.75 Å². The van der Waals surface area contributed by atoms with Gasteiger partial charge in [0.2, 0.25) is 0 Å². The fraction of sp³-hybridized carbons (Fsp3) is 0.250. The zero-order valence-electron chi connectivity index (χ0n) is 17.0. The van der Waals surface area contributed by atoms with E-state index in [9.17, 15) is 10.0 Å². The molecule has 11 heteroatoms. The maximum absolute atomic E-state index is 9.53. The van der Waals surface area contributed by atoms with Gasteiger partial charge in [0.25, 0.3) is 6.47 Å². The predicted molar refractivity (Wildman–Crippen MR) is 116 cm³/mol. The molecule has 0 unspecified atom stereocenters. The second-order valence-corrected chi connectivity index (χ2v) is 6.22. The molecule has 10 nitrogen and oxygen atoms in total. The number of methoxy groups -OCH3 is 1. The lowest BCUT2D eigenvalue weighted by Crippen LogP contribution is -2.29. The SMILES string of the molecule is COCCOCCOc1ccc(B(O)O)cc1-c1ccc2c(N)cnnc2c1.O=CO. The topological polar surface area (TPSA) is 157 Å². The first-order chi connectivity index (χ1) is 15.0.